The lowest BCUT2D eigenvalue weighted by Gasteiger charge is -2.13. The highest BCUT2D eigenvalue weighted by atomic mass is 16.3. The van der Waals surface area contributed by atoms with Crippen molar-refractivity contribution in [3.63, 3.8) is 0 Å². The Kier molecular flexibility index (Phi) is 3.02. The molecule has 0 unspecified atom stereocenters. The van der Waals surface area contributed by atoms with Gasteiger partial charge in [0.05, 0.1) is 13.2 Å². The van der Waals surface area contributed by atoms with Crippen molar-refractivity contribution in [2.24, 2.45) is 0 Å². The van der Waals surface area contributed by atoms with Crippen LogP contribution in [0.15, 0.2) is 18.3 Å². The van der Waals surface area contributed by atoms with Crippen molar-refractivity contribution in [3.8, 4) is 0 Å². The first kappa shape index (κ1) is 10.8. The number of pyridine rings is 1. The molecular weight excluding hydrogens is 206 g/mol. The number of fused-ring (bicyclic) bond motifs is 1. The third-order valence-corrected chi connectivity index (χ3v) is 2.39. The SMILES string of the molecule is CN(CCO)Cc1nnc2ccc(N)cn12. The van der Waals surface area contributed by atoms with E-state index in [-0.39, 0.29) is 6.61 Å². The minimum atomic E-state index is 0.134. The number of aliphatic hydroxyl groups excluding tert-OH is 1. The second kappa shape index (κ2) is 4.46. The summed E-state index contributed by atoms with van der Waals surface area (Å²) in [5.41, 5.74) is 7.17. The van der Waals surface area contributed by atoms with Gasteiger partial charge in [-0.1, -0.05) is 0 Å². The molecule has 0 amide bonds. The van der Waals surface area contributed by atoms with Crippen LogP contribution in [0.25, 0.3) is 5.65 Å². The average molecular weight is 221 g/mol. The van der Waals surface area contributed by atoms with Crippen LogP contribution in [-0.4, -0.2) is 44.8 Å². The summed E-state index contributed by atoms with van der Waals surface area (Å²) in [7, 11) is 1.92. The fourth-order valence-corrected chi connectivity index (χ4v) is 1.55. The van der Waals surface area contributed by atoms with E-state index in [9.17, 15) is 0 Å². The number of hydrogen-bond acceptors (Lipinski definition) is 5. The van der Waals surface area contributed by atoms with E-state index in [1.54, 1.807) is 12.3 Å². The van der Waals surface area contributed by atoms with Crippen LogP contribution in [0.2, 0.25) is 0 Å². The number of hydrogen-bond donors (Lipinski definition) is 2. The lowest BCUT2D eigenvalue weighted by molar-refractivity contribution is 0.214. The van der Waals surface area contributed by atoms with Gasteiger partial charge in [0.2, 0.25) is 0 Å². The number of likely N-dealkylation sites (N-methyl/N-ethyl adjacent to an activating group) is 1. The van der Waals surface area contributed by atoms with Crippen molar-refractivity contribution in [1.29, 1.82) is 0 Å². The van der Waals surface area contributed by atoms with E-state index >= 15 is 0 Å². The normalized spacial score (nSPS) is 11.4. The van der Waals surface area contributed by atoms with Crippen molar-refractivity contribution in [1.82, 2.24) is 19.5 Å². The average Bonchev–Trinajstić information content (AvgIpc) is 2.61. The van der Waals surface area contributed by atoms with E-state index in [0.29, 0.717) is 18.8 Å². The molecule has 0 aromatic carbocycles. The third kappa shape index (κ3) is 2.12. The van der Waals surface area contributed by atoms with Crippen molar-refractivity contribution >= 4 is 11.3 Å². The van der Waals surface area contributed by atoms with Crippen LogP contribution in [0.5, 0.6) is 0 Å². The zero-order valence-electron chi connectivity index (χ0n) is 9.17. The Morgan fingerprint density at radius 2 is 2.25 bits per heavy atom. The molecule has 16 heavy (non-hydrogen) atoms. The predicted molar refractivity (Wildman–Crippen MR) is 60.8 cm³/mol. The molecule has 0 atom stereocenters. The second-order valence-electron chi connectivity index (χ2n) is 3.77. The monoisotopic (exact) mass is 221 g/mol. The summed E-state index contributed by atoms with van der Waals surface area (Å²) >= 11 is 0. The van der Waals surface area contributed by atoms with Gasteiger partial charge in [0.25, 0.3) is 0 Å². The van der Waals surface area contributed by atoms with Crippen LogP contribution in [-0.2, 0) is 6.54 Å². The van der Waals surface area contributed by atoms with Crippen LogP contribution >= 0.6 is 0 Å². The summed E-state index contributed by atoms with van der Waals surface area (Å²) < 4.78 is 1.86. The maximum absolute atomic E-state index is 8.82. The number of anilines is 1. The Bertz CT molecular complexity index is 481. The Hall–Kier alpha value is -1.66. The summed E-state index contributed by atoms with van der Waals surface area (Å²) in [5.74, 6) is 0.818. The van der Waals surface area contributed by atoms with E-state index in [0.717, 1.165) is 11.5 Å². The fourth-order valence-electron chi connectivity index (χ4n) is 1.55. The minimum Gasteiger partial charge on any atom is -0.398 e. The van der Waals surface area contributed by atoms with Crippen molar-refractivity contribution < 1.29 is 5.11 Å². The molecule has 0 saturated carbocycles. The molecular formula is C10H15N5O. The van der Waals surface area contributed by atoms with E-state index in [4.69, 9.17) is 10.8 Å². The molecule has 3 N–H and O–H groups in total. The van der Waals surface area contributed by atoms with Gasteiger partial charge in [-0.2, -0.15) is 0 Å². The molecule has 0 radical (unpaired) electrons. The summed E-state index contributed by atoms with van der Waals surface area (Å²) in [4.78, 5) is 1.97. The summed E-state index contributed by atoms with van der Waals surface area (Å²) in [5, 5.41) is 17.0. The minimum absolute atomic E-state index is 0.134. The zero-order valence-corrected chi connectivity index (χ0v) is 9.17. The molecule has 0 bridgehead atoms. The molecule has 6 nitrogen and oxygen atoms in total. The van der Waals surface area contributed by atoms with Crippen LogP contribution in [0.4, 0.5) is 5.69 Å². The van der Waals surface area contributed by atoms with Gasteiger partial charge in [-0.25, -0.2) is 0 Å². The molecule has 86 valence electrons. The summed E-state index contributed by atoms with van der Waals surface area (Å²) in [6, 6.07) is 3.63. The molecule has 0 aliphatic rings. The van der Waals surface area contributed by atoms with Gasteiger partial charge in [0.15, 0.2) is 11.5 Å². The quantitative estimate of drug-likeness (QED) is 0.743. The van der Waals surface area contributed by atoms with Crippen molar-refractivity contribution in [2.45, 2.75) is 6.54 Å². The summed E-state index contributed by atoms with van der Waals surface area (Å²) in [6.45, 7) is 1.37. The number of rotatable bonds is 4. The van der Waals surface area contributed by atoms with Crippen LogP contribution in [0.3, 0.4) is 0 Å². The van der Waals surface area contributed by atoms with Gasteiger partial charge in [0.1, 0.15) is 0 Å². The van der Waals surface area contributed by atoms with Crippen molar-refractivity contribution in [3.05, 3.63) is 24.2 Å². The Morgan fingerprint density at radius 3 is 3.00 bits per heavy atom. The Morgan fingerprint density at radius 1 is 1.44 bits per heavy atom. The maximum Gasteiger partial charge on any atom is 0.160 e. The Labute approximate surface area is 93.3 Å². The molecule has 0 fully saturated rings. The lowest BCUT2D eigenvalue weighted by atomic mass is 10.4. The molecule has 0 aliphatic heterocycles. The number of nitrogens with two attached hydrogens (primary N) is 1. The molecule has 2 aromatic rings. The highest BCUT2D eigenvalue weighted by Gasteiger charge is 2.07. The highest BCUT2D eigenvalue weighted by Crippen LogP contribution is 2.09. The molecule has 6 heteroatoms. The highest BCUT2D eigenvalue weighted by molar-refractivity contribution is 5.47. The zero-order chi connectivity index (χ0) is 11.5. The van der Waals surface area contributed by atoms with Crippen molar-refractivity contribution in [2.75, 3.05) is 25.9 Å². The smallest absolute Gasteiger partial charge is 0.160 e. The lowest BCUT2D eigenvalue weighted by Crippen LogP contribution is -2.22. The third-order valence-electron chi connectivity index (χ3n) is 2.39. The number of nitrogen functional groups attached to an aromatic ring is 1. The molecule has 2 heterocycles. The first-order valence-corrected chi connectivity index (χ1v) is 5.09. The molecule has 0 aliphatic carbocycles. The van der Waals surface area contributed by atoms with Gasteiger partial charge >= 0.3 is 0 Å². The number of aromatic nitrogens is 3. The fraction of sp³-hybridized carbons (Fsp3) is 0.400. The van der Waals surface area contributed by atoms with E-state index in [1.165, 1.54) is 0 Å². The second-order valence-corrected chi connectivity index (χ2v) is 3.77. The molecule has 2 aromatic heterocycles. The topological polar surface area (TPSA) is 79.7 Å². The van der Waals surface area contributed by atoms with Gasteiger partial charge in [-0.15, -0.1) is 10.2 Å². The van der Waals surface area contributed by atoms with Gasteiger partial charge in [-0.3, -0.25) is 9.30 Å². The van der Waals surface area contributed by atoms with E-state index in [1.807, 2.05) is 22.4 Å². The Balaban J connectivity index is 2.27. The first-order valence-electron chi connectivity index (χ1n) is 5.09. The van der Waals surface area contributed by atoms with Crippen LogP contribution in [0, 0.1) is 0 Å². The maximum atomic E-state index is 8.82. The molecule has 0 saturated heterocycles. The van der Waals surface area contributed by atoms with Gasteiger partial charge < -0.3 is 10.8 Å². The van der Waals surface area contributed by atoms with Crippen LogP contribution < -0.4 is 5.73 Å². The van der Waals surface area contributed by atoms with E-state index < -0.39 is 0 Å². The largest absolute Gasteiger partial charge is 0.398 e. The number of aliphatic hydroxyl groups is 1. The van der Waals surface area contributed by atoms with Crippen LogP contribution in [0.1, 0.15) is 5.82 Å². The van der Waals surface area contributed by atoms with Gasteiger partial charge in [-0.05, 0) is 19.2 Å². The molecule has 2 rings (SSSR count). The van der Waals surface area contributed by atoms with E-state index in [2.05, 4.69) is 10.2 Å². The predicted octanol–water partition coefficient (Wildman–Crippen LogP) is -0.264. The first-order chi connectivity index (χ1) is 7.70. The van der Waals surface area contributed by atoms with Gasteiger partial charge in [0, 0.05) is 18.4 Å². The number of nitrogens with zero attached hydrogens (tertiary/aromatic N) is 4. The summed E-state index contributed by atoms with van der Waals surface area (Å²) in [6.07, 6.45) is 1.80. The molecule has 0 spiro atoms. The standard InChI is InChI=1S/C10H15N5O/c1-14(4-5-16)7-10-13-12-9-3-2-8(11)6-15(9)10/h2-3,6,16H,4-5,7,11H2,1H3.